The zero-order chi connectivity index (χ0) is 15.5. The molecule has 0 bridgehead atoms. The maximum Gasteiger partial charge on any atom is 0.123 e. The molecule has 2 aromatic carbocycles. The first-order valence-electron chi connectivity index (χ1n) is 7.35. The highest BCUT2D eigenvalue weighted by Gasteiger charge is 2.08. The summed E-state index contributed by atoms with van der Waals surface area (Å²) in [7, 11) is 0. The Kier molecular flexibility index (Phi) is 4.20. The van der Waals surface area contributed by atoms with Gasteiger partial charge in [-0.1, -0.05) is 12.1 Å². The highest BCUT2D eigenvalue weighted by Crippen LogP contribution is 2.23. The molecule has 0 aliphatic rings. The number of aromatic nitrogens is 1. The van der Waals surface area contributed by atoms with Gasteiger partial charge in [0.05, 0.1) is 0 Å². The Hall–Kier alpha value is -2.20. The number of aryl methyl sites for hydroxylation is 1. The molecular formula is C18H18F2N2. The highest BCUT2D eigenvalue weighted by molar-refractivity contribution is 5.84. The molecule has 114 valence electrons. The van der Waals surface area contributed by atoms with Gasteiger partial charge in [0.25, 0.3) is 0 Å². The summed E-state index contributed by atoms with van der Waals surface area (Å²) in [5, 5.41) is 4.28. The van der Waals surface area contributed by atoms with E-state index in [1.165, 1.54) is 18.2 Å². The molecule has 0 aliphatic heterocycles. The summed E-state index contributed by atoms with van der Waals surface area (Å²) in [5.41, 5.74) is 4.22. The number of H-pyrrole nitrogens is 1. The SMILES string of the molecule is Cc1[nH]c2ccc(F)cc2c1CCNCc1ccc(F)cc1. The molecule has 4 heteroatoms. The van der Waals surface area contributed by atoms with Gasteiger partial charge in [0, 0.05) is 23.1 Å². The van der Waals surface area contributed by atoms with Crippen molar-refractivity contribution in [2.45, 2.75) is 19.9 Å². The topological polar surface area (TPSA) is 27.8 Å². The van der Waals surface area contributed by atoms with E-state index < -0.39 is 0 Å². The molecule has 0 saturated carbocycles. The van der Waals surface area contributed by atoms with Crippen LogP contribution in [0, 0.1) is 18.6 Å². The van der Waals surface area contributed by atoms with Crippen LogP contribution in [0.15, 0.2) is 42.5 Å². The van der Waals surface area contributed by atoms with E-state index in [-0.39, 0.29) is 11.6 Å². The average Bonchev–Trinajstić information content (AvgIpc) is 2.81. The minimum atomic E-state index is -0.222. The number of rotatable bonds is 5. The van der Waals surface area contributed by atoms with Crippen molar-refractivity contribution in [1.29, 1.82) is 0 Å². The Morgan fingerprint density at radius 1 is 1.00 bits per heavy atom. The molecule has 0 fully saturated rings. The van der Waals surface area contributed by atoms with Crippen molar-refractivity contribution in [2.24, 2.45) is 0 Å². The lowest BCUT2D eigenvalue weighted by molar-refractivity contribution is 0.624. The Morgan fingerprint density at radius 3 is 2.50 bits per heavy atom. The second-order valence-electron chi connectivity index (χ2n) is 5.47. The Morgan fingerprint density at radius 2 is 1.73 bits per heavy atom. The first-order valence-corrected chi connectivity index (χ1v) is 7.35. The van der Waals surface area contributed by atoms with Crippen molar-refractivity contribution < 1.29 is 8.78 Å². The summed E-state index contributed by atoms with van der Waals surface area (Å²) in [4.78, 5) is 3.28. The van der Waals surface area contributed by atoms with Crippen molar-refractivity contribution in [3.05, 3.63) is 70.9 Å². The van der Waals surface area contributed by atoms with Gasteiger partial charge in [0.1, 0.15) is 11.6 Å². The molecule has 2 N–H and O–H groups in total. The number of nitrogens with one attached hydrogen (secondary N) is 2. The maximum atomic E-state index is 13.4. The molecule has 0 radical (unpaired) electrons. The molecule has 0 amide bonds. The summed E-state index contributed by atoms with van der Waals surface area (Å²) in [5.74, 6) is -0.438. The van der Waals surface area contributed by atoms with Crippen molar-refractivity contribution in [3.63, 3.8) is 0 Å². The molecule has 0 atom stereocenters. The van der Waals surface area contributed by atoms with Gasteiger partial charge < -0.3 is 10.3 Å². The normalized spacial score (nSPS) is 11.2. The van der Waals surface area contributed by atoms with Gasteiger partial charge in [-0.05, 0) is 61.3 Å². The summed E-state index contributed by atoms with van der Waals surface area (Å²) in [6, 6.07) is 11.3. The first-order chi connectivity index (χ1) is 10.6. The molecular weight excluding hydrogens is 282 g/mol. The van der Waals surface area contributed by atoms with Gasteiger partial charge in [-0.25, -0.2) is 8.78 Å². The lowest BCUT2D eigenvalue weighted by Crippen LogP contribution is -2.16. The molecule has 1 aromatic heterocycles. The minimum Gasteiger partial charge on any atom is -0.358 e. The Bertz CT molecular complexity index is 776. The summed E-state index contributed by atoms with van der Waals surface area (Å²) >= 11 is 0. The third kappa shape index (κ3) is 3.17. The molecule has 1 heterocycles. The molecule has 3 rings (SSSR count). The van der Waals surface area contributed by atoms with Gasteiger partial charge in [-0.2, -0.15) is 0 Å². The van der Waals surface area contributed by atoms with Crippen LogP contribution >= 0.6 is 0 Å². The van der Waals surface area contributed by atoms with Crippen LogP contribution in [0.4, 0.5) is 8.78 Å². The lowest BCUT2D eigenvalue weighted by Gasteiger charge is -2.06. The second kappa shape index (κ2) is 6.28. The number of benzene rings is 2. The van der Waals surface area contributed by atoms with Gasteiger partial charge >= 0.3 is 0 Å². The maximum absolute atomic E-state index is 13.4. The quantitative estimate of drug-likeness (QED) is 0.683. The molecule has 3 aromatic rings. The van der Waals surface area contributed by atoms with E-state index in [1.807, 2.05) is 6.92 Å². The van der Waals surface area contributed by atoms with Crippen molar-refractivity contribution in [2.75, 3.05) is 6.54 Å². The molecule has 0 saturated heterocycles. The van der Waals surface area contributed by atoms with Crippen LogP contribution in [0.1, 0.15) is 16.8 Å². The van der Waals surface area contributed by atoms with Crippen LogP contribution in [0.2, 0.25) is 0 Å². The number of fused-ring (bicyclic) bond motifs is 1. The monoisotopic (exact) mass is 300 g/mol. The molecule has 0 unspecified atom stereocenters. The predicted molar refractivity (Wildman–Crippen MR) is 84.8 cm³/mol. The Balaban J connectivity index is 1.63. The third-order valence-corrected chi connectivity index (χ3v) is 3.88. The standard InChI is InChI=1S/C18H18F2N2/c1-12-16(17-10-15(20)6-7-18(17)22-12)8-9-21-11-13-2-4-14(19)5-3-13/h2-7,10,21-22H,8-9,11H2,1H3. The van der Waals surface area contributed by atoms with Crippen molar-refractivity contribution in [1.82, 2.24) is 10.3 Å². The number of hydrogen-bond donors (Lipinski definition) is 2. The van der Waals surface area contributed by atoms with Crippen LogP contribution in [0.3, 0.4) is 0 Å². The molecule has 0 aliphatic carbocycles. The van der Waals surface area contributed by atoms with Gasteiger partial charge in [0.15, 0.2) is 0 Å². The molecule has 2 nitrogen and oxygen atoms in total. The predicted octanol–water partition coefficient (Wildman–Crippen LogP) is 4.09. The van der Waals surface area contributed by atoms with E-state index in [4.69, 9.17) is 0 Å². The van der Waals surface area contributed by atoms with E-state index in [1.54, 1.807) is 24.3 Å². The summed E-state index contributed by atoms with van der Waals surface area (Å²) in [6.07, 6.45) is 0.816. The fourth-order valence-electron chi connectivity index (χ4n) is 2.73. The second-order valence-corrected chi connectivity index (χ2v) is 5.47. The molecule has 22 heavy (non-hydrogen) atoms. The first kappa shape index (κ1) is 14.7. The highest BCUT2D eigenvalue weighted by atomic mass is 19.1. The number of aromatic amines is 1. The van der Waals surface area contributed by atoms with Crippen LogP contribution in [0.5, 0.6) is 0 Å². The summed E-state index contributed by atoms with van der Waals surface area (Å²) in [6.45, 7) is 3.48. The minimum absolute atomic E-state index is 0.216. The van der Waals surface area contributed by atoms with E-state index in [2.05, 4.69) is 10.3 Å². The molecule has 0 spiro atoms. The summed E-state index contributed by atoms with van der Waals surface area (Å²) < 4.78 is 26.2. The zero-order valence-electron chi connectivity index (χ0n) is 12.4. The number of hydrogen-bond acceptors (Lipinski definition) is 1. The van der Waals surface area contributed by atoms with Crippen LogP contribution in [0.25, 0.3) is 10.9 Å². The van der Waals surface area contributed by atoms with E-state index in [0.29, 0.717) is 6.54 Å². The third-order valence-electron chi connectivity index (χ3n) is 3.88. The van der Waals surface area contributed by atoms with E-state index in [0.717, 1.165) is 40.7 Å². The smallest absolute Gasteiger partial charge is 0.123 e. The average molecular weight is 300 g/mol. The largest absolute Gasteiger partial charge is 0.358 e. The van der Waals surface area contributed by atoms with Crippen molar-refractivity contribution in [3.8, 4) is 0 Å². The Labute approximate surface area is 128 Å². The van der Waals surface area contributed by atoms with Gasteiger partial charge in [-0.3, -0.25) is 0 Å². The van der Waals surface area contributed by atoms with Crippen LogP contribution in [-0.4, -0.2) is 11.5 Å². The van der Waals surface area contributed by atoms with Crippen LogP contribution < -0.4 is 5.32 Å². The van der Waals surface area contributed by atoms with E-state index in [9.17, 15) is 8.78 Å². The van der Waals surface area contributed by atoms with Crippen molar-refractivity contribution >= 4 is 10.9 Å². The lowest BCUT2D eigenvalue weighted by atomic mass is 10.1. The number of halogens is 2. The fourth-order valence-corrected chi connectivity index (χ4v) is 2.73. The van der Waals surface area contributed by atoms with Gasteiger partial charge in [-0.15, -0.1) is 0 Å². The van der Waals surface area contributed by atoms with Crippen LogP contribution in [-0.2, 0) is 13.0 Å². The van der Waals surface area contributed by atoms with Gasteiger partial charge in [0.2, 0.25) is 0 Å². The zero-order valence-corrected chi connectivity index (χ0v) is 12.4. The van der Waals surface area contributed by atoms with E-state index >= 15 is 0 Å². The fraction of sp³-hybridized carbons (Fsp3) is 0.222.